The molecule has 0 heterocycles. The Kier molecular flexibility index (Phi) is 6.63. The van der Waals surface area contributed by atoms with Crippen molar-refractivity contribution in [3.63, 3.8) is 0 Å². The van der Waals surface area contributed by atoms with Crippen molar-refractivity contribution in [2.45, 2.75) is 0 Å². The second-order valence-corrected chi connectivity index (χ2v) is 2.78. The van der Waals surface area contributed by atoms with Gasteiger partial charge in [-0.15, -0.1) is 0 Å². The van der Waals surface area contributed by atoms with Gasteiger partial charge in [0.15, 0.2) is 5.57 Å². The second kappa shape index (κ2) is 7.16. The van der Waals surface area contributed by atoms with Gasteiger partial charge in [0.05, 0.1) is 5.70 Å². The SMILES string of the molecule is CN/C(=C(/C#N)C(=O)O)c1ccccc1.[Y]. The van der Waals surface area contributed by atoms with Crippen LogP contribution in [0.1, 0.15) is 5.56 Å². The molecule has 79 valence electrons. The van der Waals surface area contributed by atoms with Crippen molar-refractivity contribution in [3.05, 3.63) is 41.5 Å². The van der Waals surface area contributed by atoms with E-state index >= 15 is 0 Å². The molecule has 5 heteroatoms. The van der Waals surface area contributed by atoms with Crippen LogP contribution in [0.4, 0.5) is 0 Å². The summed E-state index contributed by atoms with van der Waals surface area (Å²) in [4.78, 5) is 10.8. The molecule has 0 bridgehead atoms. The van der Waals surface area contributed by atoms with Gasteiger partial charge in [-0.3, -0.25) is 0 Å². The summed E-state index contributed by atoms with van der Waals surface area (Å²) in [5, 5.41) is 20.3. The summed E-state index contributed by atoms with van der Waals surface area (Å²) in [7, 11) is 1.59. The van der Waals surface area contributed by atoms with Crippen LogP contribution in [0.15, 0.2) is 35.9 Å². The fourth-order valence-electron chi connectivity index (χ4n) is 1.23. The fourth-order valence-corrected chi connectivity index (χ4v) is 1.23. The number of aliphatic carboxylic acids is 1. The Morgan fingerprint density at radius 3 is 2.31 bits per heavy atom. The quantitative estimate of drug-likeness (QED) is 0.649. The van der Waals surface area contributed by atoms with Gasteiger partial charge in [-0.2, -0.15) is 5.26 Å². The molecular weight excluding hydrogens is 281 g/mol. The summed E-state index contributed by atoms with van der Waals surface area (Å²) < 4.78 is 0. The van der Waals surface area contributed by atoms with E-state index in [1.165, 1.54) is 0 Å². The van der Waals surface area contributed by atoms with Crippen molar-refractivity contribution >= 4 is 11.7 Å². The average molecular weight is 291 g/mol. The van der Waals surface area contributed by atoms with Gasteiger partial charge < -0.3 is 10.4 Å². The Bertz CT molecular complexity index is 435. The summed E-state index contributed by atoms with van der Waals surface area (Å²) in [6.45, 7) is 0. The number of benzene rings is 1. The van der Waals surface area contributed by atoms with Gasteiger partial charge in [0, 0.05) is 39.8 Å². The van der Waals surface area contributed by atoms with Crippen molar-refractivity contribution in [2.24, 2.45) is 0 Å². The van der Waals surface area contributed by atoms with Crippen LogP contribution in [0.25, 0.3) is 5.70 Å². The maximum absolute atomic E-state index is 10.8. The van der Waals surface area contributed by atoms with Crippen LogP contribution in [0, 0.1) is 11.3 Å². The number of carbonyl (C=O) groups is 1. The minimum atomic E-state index is -1.23. The standard InChI is InChI=1S/C11H10N2O2.Y/c1-13-10(9(7-12)11(14)15)8-5-3-2-4-6-8;/h2-6,13H,1H3,(H,14,15);/b10-9-;. The first-order valence-corrected chi connectivity index (χ1v) is 4.31. The zero-order valence-electron chi connectivity index (χ0n) is 8.77. The molecule has 0 saturated carbocycles. The van der Waals surface area contributed by atoms with Gasteiger partial charge in [-0.05, 0) is 5.56 Å². The van der Waals surface area contributed by atoms with E-state index in [4.69, 9.17) is 10.4 Å². The fraction of sp³-hybridized carbons (Fsp3) is 0.0909. The smallest absolute Gasteiger partial charge is 0.348 e. The molecule has 0 aliphatic rings. The number of rotatable bonds is 3. The van der Waals surface area contributed by atoms with E-state index in [1.807, 2.05) is 6.07 Å². The predicted molar refractivity (Wildman–Crippen MR) is 55.7 cm³/mol. The molecule has 1 rings (SSSR count). The van der Waals surface area contributed by atoms with E-state index < -0.39 is 5.97 Å². The molecule has 0 spiro atoms. The number of nitrogens with zero attached hydrogens (tertiary/aromatic N) is 1. The molecule has 0 aliphatic carbocycles. The van der Waals surface area contributed by atoms with E-state index in [0.29, 0.717) is 11.3 Å². The zero-order chi connectivity index (χ0) is 11.3. The Hall–Kier alpha value is -1.18. The third-order valence-electron chi connectivity index (χ3n) is 1.89. The summed E-state index contributed by atoms with van der Waals surface area (Å²) in [6.07, 6.45) is 0. The predicted octanol–water partition coefficient (Wildman–Crippen LogP) is 1.22. The van der Waals surface area contributed by atoms with Gasteiger partial charge in [0.2, 0.25) is 0 Å². The molecule has 0 aromatic heterocycles. The number of nitriles is 1. The van der Waals surface area contributed by atoms with E-state index in [9.17, 15) is 4.79 Å². The molecule has 1 radical (unpaired) electrons. The van der Waals surface area contributed by atoms with Crippen molar-refractivity contribution in [1.82, 2.24) is 5.32 Å². The van der Waals surface area contributed by atoms with E-state index in [1.54, 1.807) is 37.4 Å². The second-order valence-electron chi connectivity index (χ2n) is 2.78. The van der Waals surface area contributed by atoms with E-state index in [2.05, 4.69) is 5.32 Å². The molecule has 2 N–H and O–H groups in total. The Labute approximate surface area is 119 Å². The Morgan fingerprint density at radius 2 is 1.94 bits per heavy atom. The van der Waals surface area contributed by atoms with E-state index in [-0.39, 0.29) is 38.3 Å². The first-order chi connectivity index (χ1) is 7.20. The molecule has 1 aromatic carbocycles. The normalized spacial score (nSPS) is 10.5. The van der Waals surface area contributed by atoms with Crippen molar-refractivity contribution in [3.8, 4) is 6.07 Å². The zero-order valence-corrected chi connectivity index (χ0v) is 11.6. The third-order valence-corrected chi connectivity index (χ3v) is 1.89. The number of hydrogen-bond donors (Lipinski definition) is 2. The minimum absolute atomic E-state index is 0. The maximum atomic E-state index is 10.8. The largest absolute Gasteiger partial charge is 0.477 e. The first-order valence-electron chi connectivity index (χ1n) is 4.31. The van der Waals surface area contributed by atoms with Crippen LogP contribution in [0.2, 0.25) is 0 Å². The average Bonchev–Trinajstić information content (AvgIpc) is 2.26. The van der Waals surface area contributed by atoms with Gasteiger partial charge in [0.25, 0.3) is 0 Å². The molecule has 0 unspecified atom stereocenters. The monoisotopic (exact) mass is 291 g/mol. The van der Waals surface area contributed by atoms with Crippen molar-refractivity contribution < 1.29 is 42.6 Å². The van der Waals surface area contributed by atoms with Crippen molar-refractivity contribution in [1.29, 1.82) is 5.26 Å². The molecule has 0 amide bonds. The van der Waals surface area contributed by atoms with Crippen LogP contribution >= 0.6 is 0 Å². The van der Waals surface area contributed by atoms with Crippen LogP contribution < -0.4 is 5.32 Å². The minimum Gasteiger partial charge on any atom is -0.477 e. The summed E-state index contributed by atoms with van der Waals surface area (Å²) in [5.41, 5.74) is 0.716. The molecule has 1 aromatic rings. The number of carboxylic acids is 1. The maximum Gasteiger partial charge on any atom is 0.348 e. The van der Waals surface area contributed by atoms with E-state index in [0.717, 1.165) is 0 Å². The number of hydrogen-bond acceptors (Lipinski definition) is 3. The molecular formula is C11H10N2O2Y. The molecule has 0 atom stereocenters. The van der Waals surface area contributed by atoms with Gasteiger partial charge in [-0.25, -0.2) is 4.79 Å². The summed E-state index contributed by atoms with van der Waals surface area (Å²) >= 11 is 0. The Balaban J connectivity index is 0.00000225. The third kappa shape index (κ3) is 3.44. The summed E-state index contributed by atoms with van der Waals surface area (Å²) in [5.74, 6) is -1.23. The number of carboxylic acid groups (broad SMARTS) is 1. The van der Waals surface area contributed by atoms with Gasteiger partial charge in [0.1, 0.15) is 6.07 Å². The van der Waals surface area contributed by atoms with Crippen LogP contribution in [-0.2, 0) is 37.5 Å². The number of nitrogens with one attached hydrogen (secondary N) is 1. The van der Waals surface area contributed by atoms with Gasteiger partial charge in [-0.1, -0.05) is 30.3 Å². The van der Waals surface area contributed by atoms with Crippen molar-refractivity contribution in [2.75, 3.05) is 7.05 Å². The van der Waals surface area contributed by atoms with Crippen LogP contribution in [-0.4, -0.2) is 18.1 Å². The van der Waals surface area contributed by atoms with Gasteiger partial charge >= 0.3 is 5.97 Å². The topological polar surface area (TPSA) is 73.1 Å². The first kappa shape index (κ1) is 14.8. The molecule has 0 fully saturated rings. The summed E-state index contributed by atoms with van der Waals surface area (Å²) in [6, 6.07) is 10.5. The molecule has 4 nitrogen and oxygen atoms in total. The van der Waals surface area contributed by atoms with Crippen LogP contribution in [0.5, 0.6) is 0 Å². The Morgan fingerprint density at radius 1 is 1.38 bits per heavy atom. The molecule has 16 heavy (non-hydrogen) atoms. The van der Waals surface area contributed by atoms with Crippen LogP contribution in [0.3, 0.4) is 0 Å². The molecule has 0 saturated heterocycles. The molecule has 0 aliphatic heterocycles.